The van der Waals surface area contributed by atoms with Crippen molar-refractivity contribution < 1.29 is 9.13 Å². The highest BCUT2D eigenvalue weighted by Gasteiger charge is 2.35. The maximum absolute atomic E-state index is 13.8. The van der Waals surface area contributed by atoms with E-state index in [0.29, 0.717) is 5.92 Å². The van der Waals surface area contributed by atoms with E-state index in [0.717, 1.165) is 57.2 Å². The van der Waals surface area contributed by atoms with Crippen LogP contribution in [0.1, 0.15) is 38.2 Å². The van der Waals surface area contributed by atoms with Crippen molar-refractivity contribution in [3.05, 3.63) is 35.6 Å². The van der Waals surface area contributed by atoms with Gasteiger partial charge in [-0.05, 0) is 49.3 Å². The highest BCUT2D eigenvalue weighted by atomic mass is 19.1. The Labute approximate surface area is 150 Å². The first-order chi connectivity index (χ1) is 12.1. The summed E-state index contributed by atoms with van der Waals surface area (Å²) in [6, 6.07) is 7.04. The van der Waals surface area contributed by atoms with Crippen molar-refractivity contribution in [1.82, 2.24) is 10.2 Å². The van der Waals surface area contributed by atoms with Crippen molar-refractivity contribution in [2.24, 2.45) is 10.9 Å². The topological polar surface area (TPSA) is 36.9 Å². The molecule has 4 nitrogen and oxygen atoms in total. The first-order valence-corrected chi connectivity index (χ1v) is 9.42. The SMILES string of the molecule is CN=C(NCC1(c2cccc(F)c2)CCOCC1)N1CCCC(C)C1. The minimum atomic E-state index is -0.169. The Morgan fingerprint density at radius 3 is 2.88 bits per heavy atom. The number of nitrogens with one attached hydrogen (secondary N) is 1. The van der Waals surface area contributed by atoms with Crippen molar-refractivity contribution in [2.75, 3.05) is 39.9 Å². The number of halogens is 1. The molecule has 1 atom stereocenters. The Morgan fingerprint density at radius 2 is 2.20 bits per heavy atom. The summed E-state index contributed by atoms with van der Waals surface area (Å²) in [5.41, 5.74) is 0.961. The number of ether oxygens (including phenoxy) is 1. The van der Waals surface area contributed by atoms with Crippen LogP contribution in [0.25, 0.3) is 0 Å². The maximum atomic E-state index is 13.8. The number of hydrogen-bond donors (Lipinski definition) is 1. The molecule has 3 rings (SSSR count). The number of rotatable bonds is 3. The molecule has 5 heteroatoms. The predicted molar refractivity (Wildman–Crippen MR) is 99.5 cm³/mol. The van der Waals surface area contributed by atoms with Crippen molar-refractivity contribution in [2.45, 2.75) is 38.0 Å². The fraction of sp³-hybridized carbons (Fsp3) is 0.650. The van der Waals surface area contributed by atoms with Gasteiger partial charge in [-0.15, -0.1) is 0 Å². The molecule has 2 aliphatic rings. The molecular formula is C20H30FN3O. The lowest BCUT2D eigenvalue weighted by Crippen LogP contribution is -2.51. The summed E-state index contributed by atoms with van der Waals surface area (Å²) in [5.74, 6) is 1.50. The molecule has 0 radical (unpaired) electrons. The molecule has 1 unspecified atom stereocenters. The van der Waals surface area contributed by atoms with Crippen LogP contribution in [-0.2, 0) is 10.2 Å². The molecule has 2 heterocycles. The van der Waals surface area contributed by atoms with Gasteiger partial charge in [-0.3, -0.25) is 4.99 Å². The van der Waals surface area contributed by atoms with Crippen molar-refractivity contribution >= 4 is 5.96 Å². The van der Waals surface area contributed by atoms with Gasteiger partial charge in [0.05, 0.1) is 0 Å². The molecule has 2 saturated heterocycles. The van der Waals surface area contributed by atoms with Crippen LogP contribution >= 0.6 is 0 Å². The normalized spacial score (nSPS) is 24.2. The summed E-state index contributed by atoms with van der Waals surface area (Å²) in [6.45, 7) is 6.61. The second-order valence-electron chi connectivity index (χ2n) is 7.50. The minimum absolute atomic E-state index is 0.0995. The van der Waals surface area contributed by atoms with Crippen molar-refractivity contribution in [3.8, 4) is 0 Å². The van der Waals surface area contributed by atoms with Crippen LogP contribution < -0.4 is 5.32 Å². The molecular weight excluding hydrogens is 317 g/mol. The van der Waals surface area contributed by atoms with Gasteiger partial charge in [0.15, 0.2) is 5.96 Å². The number of benzene rings is 1. The third-order valence-corrected chi connectivity index (χ3v) is 5.64. The number of nitrogens with zero attached hydrogens (tertiary/aromatic N) is 2. The second-order valence-corrected chi connectivity index (χ2v) is 7.50. The maximum Gasteiger partial charge on any atom is 0.193 e. The summed E-state index contributed by atoms with van der Waals surface area (Å²) in [7, 11) is 1.85. The standard InChI is InChI=1S/C20H30FN3O/c1-16-5-4-10-24(14-16)19(22-2)23-15-20(8-11-25-12-9-20)17-6-3-7-18(21)13-17/h3,6-7,13,16H,4-5,8-12,14-15H2,1-2H3,(H,22,23). The van der Waals surface area contributed by atoms with Crippen LogP contribution in [0.15, 0.2) is 29.3 Å². The quantitative estimate of drug-likeness (QED) is 0.674. The molecule has 138 valence electrons. The number of aliphatic imine (C=N–C) groups is 1. The third kappa shape index (κ3) is 4.32. The van der Waals surface area contributed by atoms with E-state index >= 15 is 0 Å². The van der Waals surface area contributed by atoms with E-state index in [1.165, 1.54) is 18.9 Å². The molecule has 0 amide bonds. The van der Waals surface area contributed by atoms with Crippen molar-refractivity contribution in [3.63, 3.8) is 0 Å². The summed E-state index contributed by atoms with van der Waals surface area (Å²) < 4.78 is 19.4. The van der Waals surface area contributed by atoms with E-state index in [9.17, 15) is 4.39 Å². The van der Waals surface area contributed by atoms with Crippen LogP contribution in [-0.4, -0.2) is 50.8 Å². The van der Waals surface area contributed by atoms with Crippen LogP contribution in [0.5, 0.6) is 0 Å². The molecule has 1 N–H and O–H groups in total. The fourth-order valence-corrected chi connectivity index (χ4v) is 4.11. The van der Waals surface area contributed by atoms with E-state index in [1.54, 1.807) is 6.07 Å². The van der Waals surface area contributed by atoms with Gasteiger partial charge in [-0.2, -0.15) is 0 Å². The van der Waals surface area contributed by atoms with Crippen molar-refractivity contribution in [1.29, 1.82) is 0 Å². The fourth-order valence-electron chi connectivity index (χ4n) is 4.11. The highest BCUT2D eigenvalue weighted by Crippen LogP contribution is 2.34. The van der Waals surface area contributed by atoms with Gasteiger partial charge in [0.1, 0.15) is 5.82 Å². The van der Waals surface area contributed by atoms with Crippen LogP contribution in [0.4, 0.5) is 4.39 Å². The molecule has 1 aromatic rings. The Bertz CT molecular complexity index is 598. The summed E-state index contributed by atoms with van der Waals surface area (Å²) >= 11 is 0. The Balaban J connectivity index is 1.74. The average Bonchev–Trinajstić information content (AvgIpc) is 2.63. The van der Waals surface area contributed by atoms with Crippen LogP contribution in [0.2, 0.25) is 0 Å². The largest absolute Gasteiger partial charge is 0.381 e. The first kappa shape index (κ1) is 18.2. The summed E-state index contributed by atoms with van der Waals surface area (Å²) in [5, 5.41) is 3.59. The number of hydrogen-bond acceptors (Lipinski definition) is 2. The first-order valence-electron chi connectivity index (χ1n) is 9.42. The third-order valence-electron chi connectivity index (χ3n) is 5.64. The molecule has 2 aliphatic heterocycles. The Kier molecular flexibility index (Phi) is 5.94. The van der Waals surface area contributed by atoms with Gasteiger partial charge in [0.2, 0.25) is 0 Å². The summed E-state index contributed by atoms with van der Waals surface area (Å²) in [6.07, 6.45) is 4.30. The molecule has 0 spiro atoms. The number of piperidine rings is 1. The van der Waals surface area contributed by atoms with Crippen LogP contribution in [0.3, 0.4) is 0 Å². The van der Waals surface area contributed by atoms with E-state index in [-0.39, 0.29) is 11.2 Å². The molecule has 2 fully saturated rings. The molecule has 25 heavy (non-hydrogen) atoms. The van der Waals surface area contributed by atoms with E-state index in [1.807, 2.05) is 19.2 Å². The number of likely N-dealkylation sites (tertiary alicyclic amines) is 1. The molecule has 1 aromatic carbocycles. The van der Waals surface area contributed by atoms with Crippen LogP contribution in [0, 0.1) is 11.7 Å². The van der Waals surface area contributed by atoms with Gasteiger partial charge in [0, 0.05) is 45.3 Å². The molecule has 0 bridgehead atoms. The average molecular weight is 347 g/mol. The highest BCUT2D eigenvalue weighted by molar-refractivity contribution is 5.80. The smallest absolute Gasteiger partial charge is 0.193 e. The molecule has 0 aromatic heterocycles. The zero-order valence-corrected chi connectivity index (χ0v) is 15.4. The molecule has 0 aliphatic carbocycles. The number of guanidine groups is 1. The Morgan fingerprint density at radius 1 is 1.40 bits per heavy atom. The lowest BCUT2D eigenvalue weighted by atomic mass is 9.74. The lowest BCUT2D eigenvalue weighted by molar-refractivity contribution is 0.0510. The summed E-state index contributed by atoms with van der Waals surface area (Å²) in [4.78, 5) is 6.85. The molecule has 0 saturated carbocycles. The Hall–Kier alpha value is -1.62. The van der Waals surface area contributed by atoms with Gasteiger partial charge in [0.25, 0.3) is 0 Å². The van der Waals surface area contributed by atoms with E-state index < -0.39 is 0 Å². The van der Waals surface area contributed by atoms with Gasteiger partial charge >= 0.3 is 0 Å². The lowest BCUT2D eigenvalue weighted by Gasteiger charge is -2.40. The zero-order chi connectivity index (χ0) is 17.7. The monoisotopic (exact) mass is 347 g/mol. The predicted octanol–water partition coefficient (Wildman–Crippen LogP) is 3.18. The minimum Gasteiger partial charge on any atom is -0.381 e. The van der Waals surface area contributed by atoms with Gasteiger partial charge in [-0.1, -0.05) is 19.1 Å². The van der Waals surface area contributed by atoms with E-state index in [4.69, 9.17) is 4.74 Å². The van der Waals surface area contributed by atoms with E-state index in [2.05, 4.69) is 22.1 Å². The zero-order valence-electron chi connectivity index (χ0n) is 15.4. The van der Waals surface area contributed by atoms with Gasteiger partial charge < -0.3 is 15.0 Å². The van der Waals surface area contributed by atoms with Gasteiger partial charge in [-0.25, -0.2) is 4.39 Å². The second kappa shape index (κ2) is 8.17.